The zero-order valence-corrected chi connectivity index (χ0v) is 17.0. The molecule has 150 valence electrons. The summed E-state index contributed by atoms with van der Waals surface area (Å²) in [7, 11) is 1.64. The van der Waals surface area contributed by atoms with Crippen molar-refractivity contribution in [3.63, 3.8) is 0 Å². The molecule has 0 aromatic heterocycles. The lowest BCUT2D eigenvalue weighted by Gasteiger charge is -2.35. The highest BCUT2D eigenvalue weighted by molar-refractivity contribution is 6.09. The fourth-order valence-corrected chi connectivity index (χ4v) is 3.71. The number of rotatable bonds is 5. The van der Waals surface area contributed by atoms with Crippen molar-refractivity contribution in [3.05, 3.63) is 65.2 Å². The Hall–Kier alpha value is -3.08. The van der Waals surface area contributed by atoms with E-state index >= 15 is 0 Å². The third kappa shape index (κ3) is 4.34. The Balaban J connectivity index is 1.63. The lowest BCUT2D eigenvalue weighted by Crippen LogP contribution is -2.43. The van der Waals surface area contributed by atoms with Crippen LogP contribution >= 0.6 is 0 Å². The number of amides is 1. The summed E-state index contributed by atoms with van der Waals surface area (Å²) in [6.45, 7) is 4.24. The zero-order valence-electron chi connectivity index (χ0n) is 17.0. The van der Waals surface area contributed by atoms with Gasteiger partial charge in [-0.25, -0.2) is 0 Å². The average Bonchev–Trinajstić information content (AvgIpc) is 3.52. The molecule has 2 N–H and O–H groups in total. The standard InChI is InChI=1S/C24H26N2O3/c1-24(2)14-17-9-10-19(29-3)12-20(17)21(26-24)13-22(27)16-5-4-6-18(11-16)25-23(28)15-7-8-15/h4-6,9-13,15,26H,7-8,14H2,1-3H3,(H,25,28)/b21-13-. The van der Waals surface area contributed by atoms with Crippen molar-refractivity contribution < 1.29 is 14.3 Å². The van der Waals surface area contributed by atoms with Gasteiger partial charge in [0.15, 0.2) is 5.78 Å². The van der Waals surface area contributed by atoms with Crippen LogP contribution in [0.25, 0.3) is 5.70 Å². The number of anilines is 1. The number of allylic oxidation sites excluding steroid dienone is 1. The van der Waals surface area contributed by atoms with E-state index in [9.17, 15) is 9.59 Å². The number of ether oxygens (including phenoxy) is 1. The van der Waals surface area contributed by atoms with Crippen LogP contribution in [0, 0.1) is 5.92 Å². The van der Waals surface area contributed by atoms with Crippen LogP contribution in [0.3, 0.4) is 0 Å². The highest BCUT2D eigenvalue weighted by Gasteiger charge is 2.30. The van der Waals surface area contributed by atoms with Crippen LogP contribution in [-0.2, 0) is 11.2 Å². The van der Waals surface area contributed by atoms with Gasteiger partial charge >= 0.3 is 0 Å². The van der Waals surface area contributed by atoms with Crippen molar-refractivity contribution in [1.29, 1.82) is 0 Å². The Kier molecular flexibility index (Phi) is 4.91. The summed E-state index contributed by atoms with van der Waals surface area (Å²) >= 11 is 0. The molecule has 2 aromatic rings. The van der Waals surface area contributed by atoms with E-state index in [2.05, 4.69) is 30.5 Å². The predicted octanol–water partition coefficient (Wildman–Crippen LogP) is 4.19. The minimum atomic E-state index is -0.159. The first kappa shape index (κ1) is 19.2. The summed E-state index contributed by atoms with van der Waals surface area (Å²) in [4.78, 5) is 25.0. The summed E-state index contributed by atoms with van der Waals surface area (Å²) in [5.74, 6) is 0.802. The fourth-order valence-electron chi connectivity index (χ4n) is 3.71. The number of carbonyl (C=O) groups is 2. The van der Waals surface area contributed by atoms with Crippen LogP contribution in [0.4, 0.5) is 5.69 Å². The zero-order chi connectivity index (χ0) is 20.6. The number of hydrogen-bond donors (Lipinski definition) is 2. The third-order valence-electron chi connectivity index (χ3n) is 5.35. The van der Waals surface area contributed by atoms with E-state index in [-0.39, 0.29) is 23.1 Å². The highest BCUT2D eigenvalue weighted by atomic mass is 16.5. The van der Waals surface area contributed by atoms with Crippen LogP contribution in [0.15, 0.2) is 48.5 Å². The molecule has 1 fully saturated rings. The maximum Gasteiger partial charge on any atom is 0.227 e. The number of fused-ring (bicyclic) bond motifs is 1. The largest absolute Gasteiger partial charge is 0.497 e. The topological polar surface area (TPSA) is 67.4 Å². The van der Waals surface area contributed by atoms with Gasteiger partial charge in [0.1, 0.15) is 5.75 Å². The average molecular weight is 390 g/mol. The van der Waals surface area contributed by atoms with Gasteiger partial charge in [-0.15, -0.1) is 0 Å². The van der Waals surface area contributed by atoms with E-state index in [0.717, 1.165) is 36.3 Å². The van der Waals surface area contributed by atoms with Crippen LogP contribution in [0.5, 0.6) is 5.75 Å². The molecule has 1 heterocycles. The molecule has 1 aliphatic carbocycles. The van der Waals surface area contributed by atoms with E-state index in [1.54, 1.807) is 31.4 Å². The van der Waals surface area contributed by atoms with Crippen molar-refractivity contribution in [1.82, 2.24) is 5.32 Å². The molecule has 1 aliphatic heterocycles. The molecule has 4 rings (SSSR count). The van der Waals surface area contributed by atoms with Gasteiger partial charge < -0.3 is 15.4 Å². The van der Waals surface area contributed by atoms with E-state index in [1.165, 1.54) is 5.56 Å². The molecule has 0 radical (unpaired) electrons. The minimum absolute atomic E-state index is 0.0321. The molecule has 1 saturated carbocycles. The number of carbonyl (C=O) groups excluding carboxylic acids is 2. The first-order valence-electron chi connectivity index (χ1n) is 9.97. The quantitative estimate of drug-likeness (QED) is 0.593. The Morgan fingerprint density at radius 1 is 1.17 bits per heavy atom. The monoisotopic (exact) mass is 390 g/mol. The predicted molar refractivity (Wildman–Crippen MR) is 114 cm³/mol. The van der Waals surface area contributed by atoms with Crippen LogP contribution in [0.2, 0.25) is 0 Å². The van der Waals surface area contributed by atoms with Crippen molar-refractivity contribution in [2.75, 3.05) is 12.4 Å². The normalized spacial score (nSPS) is 18.5. The minimum Gasteiger partial charge on any atom is -0.497 e. The Morgan fingerprint density at radius 2 is 1.97 bits per heavy atom. The van der Waals surface area contributed by atoms with Crippen LogP contribution in [-0.4, -0.2) is 24.3 Å². The van der Waals surface area contributed by atoms with E-state index in [0.29, 0.717) is 11.3 Å². The molecule has 0 saturated heterocycles. The molecule has 0 atom stereocenters. The second kappa shape index (κ2) is 7.39. The molecular weight excluding hydrogens is 364 g/mol. The molecule has 0 unspecified atom stereocenters. The molecule has 0 spiro atoms. The molecule has 29 heavy (non-hydrogen) atoms. The van der Waals surface area contributed by atoms with Crippen molar-refractivity contribution in [2.45, 2.75) is 38.6 Å². The molecular formula is C24H26N2O3. The van der Waals surface area contributed by atoms with Gasteiger partial charge in [0.05, 0.1) is 7.11 Å². The number of methoxy groups -OCH3 is 1. The second-order valence-electron chi connectivity index (χ2n) is 8.48. The summed E-state index contributed by atoms with van der Waals surface area (Å²) in [6.07, 6.45) is 4.39. The Labute approximate surface area is 171 Å². The summed E-state index contributed by atoms with van der Waals surface area (Å²) in [6, 6.07) is 13.1. The number of nitrogens with one attached hydrogen (secondary N) is 2. The van der Waals surface area contributed by atoms with Gasteiger partial charge in [-0.05, 0) is 62.9 Å². The SMILES string of the molecule is COc1ccc2c(c1)/C(=C/C(=O)c1cccc(NC(=O)C3CC3)c1)NC(C)(C)C2. The van der Waals surface area contributed by atoms with Gasteiger partial charge in [0.2, 0.25) is 5.91 Å². The van der Waals surface area contributed by atoms with E-state index < -0.39 is 0 Å². The molecule has 2 aliphatic rings. The maximum absolute atomic E-state index is 13.0. The molecule has 0 bridgehead atoms. The van der Waals surface area contributed by atoms with Gasteiger partial charge in [-0.2, -0.15) is 0 Å². The number of ketones is 1. The Morgan fingerprint density at radius 3 is 2.69 bits per heavy atom. The smallest absolute Gasteiger partial charge is 0.227 e. The Bertz CT molecular complexity index is 1000. The molecule has 5 nitrogen and oxygen atoms in total. The first-order valence-corrected chi connectivity index (χ1v) is 9.97. The summed E-state index contributed by atoms with van der Waals surface area (Å²) in [5, 5.41) is 6.39. The van der Waals surface area contributed by atoms with E-state index in [4.69, 9.17) is 4.74 Å². The van der Waals surface area contributed by atoms with Gasteiger partial charge in [-0.3, -0.25) is 9.59 Å². The summed E-state index contributed by atoms with van der Waals surface area (Å²) < 4.78 is 5.37. The van der Waals surface area contributed by atoms with Crippen molar-refractivity contribution >= 4 is 23.1 Å². The first-order chi connectivity index (χ1) is 13.8. The number of benzene rings is 2. The van der Waals surface area contributed by atoms with Gasteiger partial charge in [0, 0.05) is 40.0 Å². The number of hydrogen-bond acceptors (Lipinski definition) is 4. The van der Waals surface area contributed by atoms with Crippen LogP contribution in [0.1, 0.15) is 48.2 Å². The van der Waals surface area contributed by atoms with Gasteiger partial charge in [-0.1, -0.05) is 18.2 Å². The molecule has 2 aromatic carbocycles. The highest BCUT2D eigenvalue weighted by Crippen LogP contribution is 2.33. The fraction of sp³-hybridized carbons (Fsp3) is 0.333. The maximum atomic E-state index is 13.0. The molecule has 1 amide bonds. The van der Waals surface area contributed by atoms with Crippen LogP contribution < -0.4 is 15.4 Å². The van der Waals surface area contributed by atoms with Gasteiger partial charge in [0.25, 0.3) is 0 Å². The summed E-state index contributed by atoms with van der Waals surface area (Å²) in [5.41, 5.74) is 3.99. The molecule has 5 heteroatoms. The van der Waals surface area contributed by atoms with Crippen molar-refractivity contribution in [3.8, 4) is 5.75 Å². The van der Waals surface area contributed by atoms with Crippen molar-refractivity contribution in [2.24, 2.45) is 5.92 Å². The lowest BCUT2D eigenvalue weighted by molar-refractivity contribution is -0.117. The van der Waals surface area contributed by atoms with E-state index in [1.807, 2.05) is 18.2 Å². The lowest BCUT2D eigenvalue weighted by atomic mass is 9.85. The second-order valence-corrected chi connectivity index (χ2v) is 8.48. The third-order valence-corrected chi connectivity index (χ3v) is 5.35.